The summed E-state index contributed by atoms with van der Waals surface area (Å²) < 4.78 is 39.7. The van der Waals surface area contributed by atoms with Crippen LogP contribution in [-0.4, -0.2) is 11.3 Å². The Morgan fingerprint density at radius 3 is 2.59 bits per heavy atom. The monoisotopic (exact) mass is 243 g/mol. The fraction of sp³-hybridized carbons (Fsp3) is 0.182. The second kappa shape index (κ2) is 3.80. The molecular weight excluding hydrogens is 235 g/mol. The van der Waals surface area contributed by atoms with E-state index in [0.29, 0.717) is 11.2 Å². The molecule has 1 N–H and O–H groups in total. The predicted molar refractivity (Wildman–Crippen MR) is 56.0 cm³/mol. The van der Waals surface area contributed by atoms with Crippen molar-refractivity contribution in [3.05, 3.63) is 40.2 Å². The molecule has 0 saturated carbocycles. The number of H-pyrrole nitrogens is 1. The summed E-state index contributed by atoms with van der Waals surface area (Å²) in [6, 6.07) is 4.93. The van der Waals surface area contributed by atoms with Crippen molar-refractivity contribution in [2.45, 2.75) is 13.3 Å². The molecule has 2 rings (SSSR count). The zero-order valence-corrected chi connectivity index (χ0v) is 8.76. The van der Waals surface area contributed by atoms with Gasteiger partial charge < -0.3 is 9.72 Å². The molecule has 0 atom stereocenters. The quantitative estimate of drug-likeness (QED) is 0.836. The second-order valence-electron chi connectivity index (χ2n) is 3.57. The minimum atomic E-state index is -4.76. The first-order valence-electron chi connectivity index (χ1n) is 4.74. The van der Waals surface area contributed by atoms with Crippen molar-refractivity contribution in [3.63, 3.8) is 0 Å². The number of aryl methyl sites for hydroxylation is 1. The predicted octanol–water partition coefficient (Wildman–Crippen LogP) is 2.74. The Balaban J connectivity index is 2.55. The SMILES string of the molecule is Cc1cc(=O)c2cc(OC(F)(F)F)ccc2[nH]1. The molecule has 1 aromatic heterocycles. The fourth-order valence-electron chi connectivity index (χ4n) is 1.56. The molecule has 0 aliphatic heterocycles. The standard InChI is InChI=1S/C11H8F3NO2/c1-6-4-10(16)8-5-7(17-11(12,13)14)2-3-9(8)15-6/h2-5H,1H3,(H,15,16). The van der Waals surface area contributed by atoms with Crippen LogP contribution in [0, 0.1) is 6.92 Å². The van der Waals surface area contributed by atoms with Gasteiger partial charge in [0, 0.05) is 22.7 Å². The molecule has 0 unspecified atom stereocenters. The van der Waals surface area contributed by atoms with E-state index in [1.807, 2.05) is 0 Å². The topological polar surface area (TPSA) is 42.1 Å². The number of halogens is 3. The Hall–Kier alpha value is -1.98. The van der Waals surface area contributed by atoms with Crippen molar-refractivity contribution < 1.29 is 17.9 Å². The second-order valence-corrected chi connectivity index (χ2v) is 3.57. The lowest BCUT2D eigenvalue weighted by Crippen LogP contribution is -2.17. The van der Waals surface area contributed by atoms with Gasteiger partial charge in [-0.3, -0.25) is 4.79 Å². The van der Waals surface area contributed by atoms with Crippen LogP contribution in [0.3, 0.4) is 0 Å². The summed E-state index contributed by atoms with van der Waals surface area (Å²) in [7, 11) is 0. The first kappa shape index (κ1) is 11.5. The first-order valence-corrected chi connectivity index (χ1v) is 4.74. The number of aromatic nitrogens is 1. The van der Waals surface area contributed by atoms with Gasteiger partial charge in [-0.1, -0.05) is 0 Å². The van der Waals surface area contributed by atoms with Gasteiger partial charge in [-0.15, -0.1) is 13.2 Å². The summed E-state index contributed by atoms with van der Waals surface area (Å²) >= 11 is 0. The lowest BCUT2D eigenvalue weighted by molar-refractivity contribution is -0.274. The van der Waals surface area contributed by atoms with Gasteiger partial charge in [-0.25, -0.2) is 0 Å². The minimum absolute atomic E-state index is 0.164. The summed E-state index contributed by atoms with van der Waals surface area (Å²) in [4.78, 5) is 14.4. The molecule has 0 amide bonds. The Morgan fingerprint density at radius 2 is 1.94 bits per heavy atom. The number of hydrogen-bond acceptors (Lipinski definition) is 2. The normalized spacial score (nSPS) is 11.8. The Kier molecular flexibility index (Phi) is 2.57. The summed E-state index contributed by atoms with van der Waals surface area (Å²) in [5, 5.41) is 0.164. The van der Waals surface area contributed by atoms with Crippen LogP contribution < -0.4 is 10.2 Å². The number of rotatable bonds is 1. The molecule has 0 aliphatic carbocycles. The number of pyridine rings is 1. The fourth-order valence-corrected chi connectivity index (χ4v) is 1.56. The summed E-state index contributed by atoms with van der Waals surface area (Å²) in [6.45, 7) is 1.70. The van der Waals surface area contributed by atoms with Crippen LogP contribution in [0.15, 0.2) is 29.1 Å². The van der Waals surface area contributed by atoms with Crippen LogP contribution in [-0.2, 0) is 0 Å². The number of alkyl halides is 3. The molecule has 0 aliphatic rings. The van der Waals surface area contributed by atoms with Crippen LogP contribution in [0.1, 0.15) is 5.69 Å². The van der Waals surface area contributed by atoms with Crippen molar-refractivity contribution in [2.24, 2.45) is 0 Å². The molecule has 0 saturated heterocycles. The smallest absolute Gasteiger partial charge is 0.406 e. The molecule has 0 spiro atoms. The van der Waals surface area contributed by atoms with Crippen molar-refractivity contribution in [3.8, 4) is 5.75 Å². The Morgan fingerprint density at radius 1 is 1.24 bits per heavy atom. The number of fused-ring (bicyclic) bond motifs is 1. The van der Waals surface area contributed by atoms with Gasteiger partial charge in [0.05, 0.1) is 0 Å². The summed E-state index contributed by atoms with van der Waals surface area (Å²) in [6.07, 6.45) is -4.76. The lowest BCUT2D eigenvalue weighted by Gasteiger charge is -2.09. The third-order valence-corrected chi connectivity index (χ3v) is 2.17. The van der Waals surface area contributed by atoms with Gasteiger partial charge in [-0.2, -0.15) is 0 Å². The molecule has 1 aromatic carbocycles. The van der Waals surface area contributed by atoms with E-state index in [0.717, 1.165) is 12.1 Å². The maximum absolute atomic E-state index is 12.0. The zero-order valence-electron chi connectivity index (χ0n) is 8.76. The molecule has 1 heterocycles. The number of ether oxygens (including phenoxy) is 1. The van der Waals surface area contributed by atoms with Crippen molar-refractivity contribution in [1.82, 2.24) is 4.98 Å². The number of hydrogen-bond donors (Lipinski definition) is 1. The van der Waals surface area contributed by atoms with E-state index in [2.05, 4.69) is 9.72 Å². The maximum atomic E-state index is 12.0. The van der Waals surface area contributed by atoms with E-state index in [1.54, 1.807) is 6.92 Å². The minimum Gasteiger partial charge on any atom is -0.406 e. The molecular formula is C11H8F3NO2. The van der Waals surface area contributed by atoms with Crippen molar-refractivity contribution in [2.75, 3.05) is 0 Å². The highest BCUT2D eigenvalue weighted by Gasteiger charge is 2.31. The van der Waals surface area contributed by atoms with E-state index in [1.165, 1.54) is 12.1 Å². The zero-order chi connectivity index (χ0) is 12.6. The van der Waals surface area contributed by atoms with Crippen LogP contribution >= 0.6 is 0 Å². The molecule has 17 heavy (non-hydrogen) atoms. The number of aromatic amines is 1. The highest BCUT2D eigenvalue weighted by Crippen LogP contribution is 2.24. The third-order valence-electron chi connectivity index (χ3n) is 2.17. The highest BCUT2D eigenvalue weighted by molar-refractivity contribution is 5.80. The van der Waals surface area contributed by atoms with Gasteiger partial charge in [0.25, 0.3) is 0 Å². The van der Waals surface area contributed by atoms with E-state index in [4.69, 9.17) is 0 Å². The van der Waals surface area contributed by atoms with E-state index < -0.39 is 12.1 Å². The van der Waals surface area contributed by atoms with Crippen LogP contribution in [0.2, 0.25) is 0 Å². The van der Waals surface area contributed by atoms with Crippen LogP contribution in [0.25, 0.3) is 10.9 Å². The van der Waals surface area contributed by atoms with Crippen LogP contribution in [0.5, 0.6) is 5.75 Å². The van der Waals surface area contributed by atoms with Crippen LogP contribution in [0.4, 0.5) is 13.2 Å². The molecule has 90 valence electrons. The average molecular weight is 243 g/mol. The molecule has 2 aromatic rings. The van der Waals surface area contributed by atoms with Crippen molar-refractivity contribution in [1.29, 1.82) is 0 Å². The van der Waals surface area contributed by atoms with Gasteiger partial charge in [-0.05, 0) is 25.1 Å². The Labute approximate surface area is 93.8 Å². The highest BCUT2D eigenvalue weighted by atomic mass is 19.4. The van der Waals surface area contributed by atoms with E-state index in [9.17, 15) is 18.0 Å². The van der Waals surface area contributed by atoms with Gasteiger partial charge in [0.2, 0.25) is 0 Å². The third kappa shape index (κ3) is 2.58. The maximum Gasteiger partial charge on any atom is 0.573 e. The number of nitrogens with one attached hydrogen (secondary N) is 1. The lowest BCUT2D eigenvalue weighted by atomic mass is 10.2. The summed E-state index contributed by atoms with van der Waals surface area (Å²) in [5.74, 6) is -0.403. The molecule has 0 radical (unpaired) electrons. The number of benzene rings is 1. The largest absolute Gasteiger partial charge is 0.573 e. The van der Waals surface area contributed by atoms with Gasteiger partial charge in [0.1, 0.15) is 5.75 Å². The van der Waals surface area contributed by atoms with E-state index >= 15 is 0 Å². The van der Waals surface area contributed by atoms with Crippen molar-refractivity contribution >= 4 is 10.9 Å². The summed E-state index contributed by atoms with van der Waals surface area (Å²) in [5.41, 5.74) is 0.778. The van der Waals surface area contributed by atoms with Gasteiger partial charge in [0.15, 0.2) is 5.43 Å². The Bertz CT molecular complexity index is 616. The average Bonchev–Trinajstić information content (AvgIpc) is 2.16. The first-order chi connectivity index (χ1) is 7.85. The molecule has 0 bridgehead atoms. The van der Waals surface area contributed by atoms with E-state index in [-0.39, 0.29) is 10.8 Å². The molecule has 6 heteroatoms. The molecule has 0 fully saturated rings. The molecule has 3 nitrogen and oxygen atoms in total. The van der Waals surface area contributed by atoms with Gasteiger partial charge >= 0.3 is 6.36 Å².